The molecule has 0 atom stereocenters. The van der Waals surface area contributed by atoms with Gasteiger partial charge in [0.15, 0.2) is 0 Å². The Kier molecular flexibility index (Phi) is 5.42. The van der Waals surface area contributed by atoms with Crippen LogP contribution in [0.5, 0.6) is 0 Å². The molecule has 158 valence electrons. The van der Waals surface area contributed by atoms with Gasteiger partial charge in [0.1, 0.15) is 11.4 Å². The summed E-state index contributed by atoms with van der Waals surface area (Å²) in [5.74, 6) is -1.12. The Hall–Kier alpha value is -3.01. The predicted octanol–water partition coefficient (Wildman–Crippen LogP) is 5.41. The van der Waals surface area contributed by atoms with Gasteiger partial charge in [-0.3, -0.25) is 9.59 Å². The maximum absolute atomic E-state index is 13.0. The van der Waals surface area contributed by atoms with Crippen molar-refractivity contribution in [3.63, 3.8) is 0 Å². The third-order valence-electron chi connectivity index (χ3n) is 4.20. The number of nitrogens with one attached hydrogen (secondary N) is 2. The summed E-state index contributed by atoms with van der Waals surface area (Å²) in [5.41, 5.74) is -0.310. The first-order valence-corrected chi connectivity index (χ1v) is 9.61. The van der Waals surface area contributed by atoms with Crippen LogP contribution in [-0.2, 0) is 5.38 Å². The van der Waals surface area contributed by atoms with Gasteiger partial charge in [0.25, 0.3) is 10.9 Å². The monoisotopic (exact) mass is 484 g/mol. The van der Waals surface area contributed by atoms with Crippen molar-refractivity contribution in [2.24, 2.45) is 0 Å². The van der Waals surface area contributed by atoms with E-state index in [1.54, 1.807) is 18.2 Å². The number of anilines is 4. The van der Waals surface area contributed by atoms with Crippen molar-refractivity contribution in [2.75, 3.05) is 10.6 Å². The lowest BCUT2D eigenvalue weighted by Crippen LogP contribution is -2.35. The number of benzene rings is 2. The molecule has 0 bridgehead atoms. The first-order chi connectivity index (χ1) is 14.6. The molecule has 0 unspecified atom stereocenters. The Morgan fingerprint density at radius 3 is 2.00 bits per heavy atom. The average Bonchev–Trinajstić information content (AvgIpc) is 3.23. The number of aromatic nitrogens is 2. The molecule has 12 heteroatoms. The van der Waals surface area contributed by atoms with Crippen LogP contribution in [0.3, 0.4) is 0 Å². The second-order valence-corrected chi connectivity index (χ2v) is 7.54. The predicted molar refractivity (Wildman–Crippen MR) is 114 cm³/mol. The van der Waals surface area contributed by atoms with Crippen molar-refractivity contribution in [3.05, 3.63) is 78.8 Å². The Morgan fingerprint density at radius 2 is 1.45 bits per heavy atom. The quantitative estimate of drug-likeness (QED) is 0.278. The number of alkyl halides is 3. The molecule has 3 aromatic carbocycles. The number of halogens is 5. The summed E-state index contributed by atoms with van der Waals surface area (Å²) in [6.07, 6.45) is 0. The molecule has 0 fully saturated rings. The first kappa shape index (κ1) is 21.2. The number of rotatable bonds is 6. The molecule has 0 saturated carbocycles. The number of nitrogens with zero attached hydrogens (tertiary/aromatic N) is 2. The molecule has 0 radical (unpaired) electrons. The Labute approximate surface area is 187 Å². The standard InChI is InChI=1S/C19H9Cl3F2N4O3/c20-10-2-1-3-11(21)12(10)26-14-13(15(29)16(14)30)25-9-6-4-8(5-7-9)17-27-18(31-28-17)19(22,23)24/h1-7,25-26H. The van der Waals surface area contributed by atoms with Crippen molar-refractivity contribution in [2.45, 2.75) is 5.38 Å². The molecular weight excluding hydrogens is 477 g/mol. The van der Waals surface area contributed by atoms with Gasteiger partial charge in [-0.1, -0.05) is 34.4 Å². The molecule has 0 aliphatic heterocycles. The van der Waals surface area contributed by atoms with E-state index in [9.17, 15) is 18.4 Å². The van der Waals surface area contributed by atoms with Crippen LogP contribution < -0.4 is 21.5 Å². The van der Waals surface area contributed by atoms with Crippen molar-refractivity contribution in [3.8, 4) is 11.4 Å². The highest BCUT2D eigenvalue weighted by molar-refractivity contribution is 6.39. The summed E-state index contributed by atoms with van der Waals surface area (Å²) in [4.78, 5) is 27.6. The highest BCUT2D eigenvalue weighted by Crippen LogP contribution is 2.35. The van der Waals surface area contributed by atoms with Crippen molar-refractivity contribution >= 4 is 57.6 Å². The fraction of sp³-hybridized carbons (Fsp3) is 0.0526. The molecule has 2 N–H and O–H groups in total. The Morgan fingerprint density at radius 1 is 0.871 bits per heavy atom. The van der Waals surface area contributed by atoms with E-state index in [-0.39, 0.29) is 27.2 Å². The molecule has 4 aromatic rings. The normalized spacial score (nSPS) is 11.6. The van der Waals surface area contributed by atoms with E-state index in [0.29, 0.717) is 16.9 Å². The summed E-state index contributed by atoms with van der Waals surface area (Å²) in [7, 11) is 0. The van der Waals surface area contributed by atoms with Gasteiger partial charge in [-0.05, 0) is 48.0 Å². The van der Waals surface area contributed by atoms with E-state index in [0.717, 1.165) is 0 Å². The van der Waals surface area contributed by atoms with Crippen molar-refractivity contribution < 1.29 is 13.3 Å². The van der Waals surface area contributed by atoms with E-state index < -0.39 is 22.1 Å². The van der Waals surface area contributed by atoms with Crippen LogP contribution in [0.25, 0.3) is 11.4 Å². The summed E-state index contributed by atoms with van der Waals surface area (Å²) in [6, 6.07) is 10.9. The minimum atomic E-state index is -3.77. The summed E-state index contributed by atoms with van der Waals surface area (Å²) >= 11 is 17.0. The van der Waals surface area contributed by atoms with E-state index in [1.165, 1.54) is 24.3 Å². The third kappa shape index (κ3) is 4.12. The van der Waals surface area contributed by atoms with E-state index >= 15 is 0 Å². The van der Waals surface area contributed by atoms with E-state index in [1.807, 2.05) is 0 Å². The molecule has 0 amide bonds. The fourth-order valence-electron chi connectivity index (χ4n) is 2.68. The van der Waals surface area contributed by atoms with E-state index in [2.05, 4.69) is 25.3 Å². The molecular formula is C19H9Cl3F2N4O3. The van der Waals surface area contributed by atoms with Gasteiger partial charge in [0.05, 0.1) is 15.7 Å². The topological polar surface area (TPSA) is 97.1 Å². The van der Waals surface area contributed by atoms with Crippen LogP contribution in [0.1, 0.15) is 5.89 Å². The maximum Gasteiger partial charge on any atom is 0.400 e. The highest BCUT2D eigenvalue weighted by atomic mass is 35.5. The van der Waals surface area contributed by atoms with E-state index in [4.69, 9.17) is 34.8 Å². The third-order valence-corrected chi connectivity index (χ3v) is 5.00. The van der Waals surface area contributed by atoms with Gasteiger partial charge in [0.2, 0.25) is 5.82 Å². The fourth-order valence-corrected chi connectivity index (χ4v) is 3.24. The summed E-state index contributed by atoms with van der Waals surface area (Å²) in [6.45, 7) is 0. The lowest BCUT2D eigenvalue weighted by molar-refractivity contribution is 0.0551. The minimum Gasteiger partial charge on any atom is -0.350 e. The molecule has 0 spiro atoms. The first-order valence-electron chi connectivity index (χ1n) is 8.48. The van der Waals surface area contributed by atoms with Gasteiger partial charge < -0.3 is 15.2 Å². The van der Waals surface area contributed by atoms with Crippen LogP contribution in [-0.4, -0.2) is 10.1 Å². The lowest BCUT2D eigenvalue weighted by Gasteiger charge is -2.16. The zero-order valence-electron chi connectivity index (χ0n) is 15.1. The number of para-hydroxylation sites is 1. The van der Waals surface area contributed by atoms with Gasteiger partial charge in [-0.25, -0.2) is 0 Å². The summed E-state index contributed by atoms with van der Waals surface area (Å²) < 4.78 is 30.5. The second-order valence-electron chi connectivity index (χ2n) is 6.25. The largest absolute Gasteiger partial charge is 0.400 e. The minimum absolute atomic E-state index is 0.0104. The molecule has 0 aliphatic rings. The van der Waals surface area contributed by atoms with Gasteiger partial charge >= 0.3 is 11.3 Å². The zero-order valence-corrected chi connectivity index (χ0v) is 17.3. The smallest absolute Gasteiger partial charge is 0.350 e. The average molecular weight is 486 g/mol. The summed E-state index contributed by atoms with van der Waals surface area (Å²) in [5, 5.41) is 5.85. The number of hydrogen-bond acceptors (Lipinski definition) is 7. The van der Waals surface area contributed by atoms with Crippen LogP contribution in [0.4, 0.5) is 31.5 Å². The van der Waals surface area contributed by atoms with Crippen molar-refractivity contribution in [1.29, 1.82) is 0 Å². The molecule has 0 aliphatic carbocycles. The SMILES string of the molecule is O=c1c(Nc2ccc(-c3noc(C(F)(F)Cl)n3)cc2)c(Nc2c(Cl)cccc2Cl)c1=O. The number of hydrogen-bond donors (Lipinski definition) is 2. The van der Waals surface area contributed by atoms with Crippen LogP contribution >= 0.6 is 34.8 Å². The molecule has 1 aromatic heterocycles. The van der Waals surface area contributed by atoms with Crippen LogP contribution in [0.15, 0.2) is 56.6 Å². The maximum atomic E-state index is 13.0. The lowest BCUT2D eigenvalue weighted by atomic mass is 10.1. The zero-order chi connectivity index (χ0) is 22.3. The molecule has 4 rings (SSSR count). The van der Waals surface area contributed by atoms with Gasteiger partial charge in [-0.15, -0.1) is 0 Å². The Balaban J connectivity index is 1.56. The van der Waals surface area contributed by atoms with Crippen LogP contribution in [0.2, 0.25) is 10.0 Å². The molecule has 0 saturated heterocycles. The van der Waals surface area contributed by atoms with Gasteiger partial charge in [0, 0.05) is 11.3 Å². The molecule has 7 nitrogen and oxygen atoms in total. The second kappa shape index (κ2) is 7.92. The van der Waals surface area contributed by atoms with Crippen LogP contribution in [0, 0.1) is 0 Å². The highest BCUT2D eigenvalue weighted by Gasteiger charge is 2.35. The van der Waals surface area contributed by atoms with Gasteiger partial charge in [-0.2, -0.15) is 13.8 Å². The Bertz CT molecular complexity index is 1320. The molecule has 1 heterocycles. The molecule has 31 heavy (non-hydrogen) atoms. The van der Waals surface area contributed by atoms with Crippen molar-refractivity contribution in [1.82, 2.24) is 10.1 Å².